The highest BCUT2D eigenvalue weighted by Crippen LogP contribution is 2.28. The first-order chi connectivity index (χ1) is 9.60. The summed E-state index contributed by atoms with van der Waals surface area (Å²) in [5.74, 6) is 0.780. The summed E-state index contributed by atoms with van der Waals surface area (Å²) >= 11 is 6.07. The van der Waals surface area contributed by atoms with Crippen molar-refractivity contribution in [1.82, 2.24) is 10.3 Å². The van der Waals surface area contributed by atoms with Gasteiger partial charge in [-0.1, -0.05) is 17.7 Å². The van der Waals surface area contributed by atoms with Crippen LogP contribution >= 0.6 is 11.6 Å². The molecule has 0 saturated heterocycles. The first-order valence-electron chi connectivity index (χ1n) is 6.65. The van der Waals surface area contributed by atoms with E-state index >= 15 is 0 Å². The van der Waals surface area contributed by atoms with Gasteiger partial charge < -0.3 is 10.1 Å². The van der Waals surface area contributed by atoms with Gasteiger partial charge >= 0.3 is 0 Å². The lowest BCUT2D eigenvalue weighted by atomic mass is 10.0. The van der Waals surface area contributed by atoms with Gasteiger partial charge in [-0.15, -0.1) is 0 Å². The standard InChI is InChI=1S/C16H19ClN2O/c1-11(2)20-15-7-13(9-19-10-15)16-5-4-14(17)6-12(16)8-18-3/h4-7,9-11,18H,8H2,1-3H3. The molecule has 106 valence electrons. The summed E-state index contributed by atoms with van der Waals surface area (Å²) in [5, 5.41) is 3.90. The summed E-state index contributed by atoms with van der Waals surface area (Å²) in [6, 6.07) is 7.90. The average Bonchev–Trinajstić information content (AvgIpc) is 2.39. The maximum Gasteiger partial charge on any atom is 0.138 e. The number of aromatic nitrogens is 1. The third kappa shape index (κ3) is 3.71. The number of halogens is 1. The number of pyridine rings is 1. The fourth-order valence-electron chi connectivity index (χ4n) is 2.08. The van der Waals surface area contributed by atoms with Crippen molar-refractivity contribution >= 4 is 11.6 Å². The van der Waals surface area contributed by atoms with Crippen molar-refractivity contribution in [2.24, 2.45) is 0 Å². The molecule has 1 heterocycles. The first kappa shape index (κ1) is 14.8. The zero-order valence-electron chi connectivity index (χ0n) is 12.0. The summed E-state index contributed by atoms with van der Waals surface area (Å²) in [4.78, 5) is 4.26. The molecule has 20 heavy (non-hydrogen) atoms. The highest BCUT2D eigenvalue weighted by molar-refractivity contribution is 6.30. The van der Waals surface area contributed by atoms with Crippen molar-refractivity contribution in [3.8, 4) is 16.9 Å². The zero-order chi connectivity index (χ0) is 14.5. The molecule has 1 aromatic heterocycles. The molecule has 0 atom stereocenters. The topological polar surface area (TPSA) is 34.2 Å². The van der Waals surface area contributed by atoms with E-state index in [4.69, 9.17) is 16.3 Å². The number of nitrogens with one attached hydrogen (secondary N) is 1. The van der Waals surface area contributed by atoms with E-state index in [0.717, 1.165) is 34.0 Å². The number of rotatable bonds is 5. The van der Waals surface area contributed by atoms with Gasteiger partial charge in [0.15, 0.2) is 0 Å². The quantitative estimate of drug-likeness (QED) is 0.906. The lowest BCUT2D eigenvalue weighted by molar-refractivity contribution is 0.241. The Labute approximate surface area is 124 Å². The van der Waals surface area contributed by atoms with Crippen molar-refractivity contribution in [3.63, 3.8) is 0 Å². The molecule has 1 aromatic carbocycles. The second-order valence-corrected chi connectivity index (χ2v) is 5.34. The normalized spacial score (nSPS) is 10.8. The maximum absolute atomic E-state index is 6.07. The molecule has 0 fully saturated rings. The molecule has 2 rings (SSSR count). The van der Waals surface area contributed by atoms with Gasteiger partial charge in [-0.2, -0.15) is 0 Å². The largest absolute Gasteiger partial charge is 0.489 e. The van der Waals surface area contributed by atoms with Gasteiger partial charge in [-0.3, -0.25) is 4.98 Å². The van der Waals surface area contributed by atoms with E-state index in [1.807, 2.05) is 51.4 Å². The molecule has 0 saturated carbocycles. The molecule has 0 aliphatic carbocycles. The maximum atomic E-state index is 6.07. The predicted octanol–water partition coefficient (Wildman–Crippen LogP) is 3.91. The molecule has 0 radical (unpaired) electrons. The second-order valence-electron chi connectivity index (χ2n) is 4.91. The van der Waals surface area contributed by atoms with Crippen LogP contribution in [0.5, 0.6) is 5.75 Å². The minimum absolute atomic E-state index is 0.133. The summed E-state index contributed by atoms with van der Waals surface area (Å²) < 4.78 is 5.70. The van der Waals surface area contributed by atoms with Gasteiger partial charge in [-0.05, 0) is 50.2 Å². The molecule has 0 aliphatic heterocycles. The lowest BCUT2D eigenvalue weighted by Crippen LogP contribution is -2.07. The highest BCUT2D eigenvalue weighted by Gasteiger charge is 2.08. The molecule has 0 bridgehead atoms. The Morgan fingerprint density at radius 1 is 1.25 bits per heavy atom. The van der Waals surface area contributed by atoms with Gasteiger partial charge in [0.05, 0.1) is 12.3 Å². The molecule has 0 spiro atoms. The molecule has 0 amide bonds. The summed E-state index contributed by atoms with van der Waals surface area (Å²) in [6.07, 6.45) is 3.71. The Morgan fingerprint density at radius 3 is 2.75 bits per heavy atom. The van der Waals surface area contributed by atoms with Gasteiger partial charge in [0.1, 0.15) is 5.75 Å². The predicted molar refractivity (Wildman–Crippen MR) is 83.2 cm³/mol. The van der Waals surface area contributed by atoms with Crippen molar-refractivity contribution in [1.29, 1.82) is 0 Å². The number of benzene rings is 1. The molecule has 1 N–H and O–H groups in total. The number of hydrogen-bond donors (Lipinski definition) is 1. The molecule has 0 aliphatic rings. The van der Waals surface area contributed by atoms with Gasteiger partial charge in [0, 0.05) is 23.3 Å². The van der Waals surface area contributed by atoms with Gasteiger partial charge in [0.2, 0.25) is 0 Å². The number of nitrogens with zero attached hydrogens (tertiary/aromatic N) is 1. The molecule has 4 heteroatoms. The van der Waals surface area contributed by atoms with Crippen LogP contribution in [0.2, 0.25) is 5.02 Å². The van der Waals surface area contributed by atoms with E-state index in [0.29, 0.717) is 0 Å². The van der Waals surface area contributed by atoms with E-state index in [-0.39, 0.29) is 6.10 Å². The first-order valence-corrected chi connectivity index (χ1v) is 7.03. The zero-order valence-corrected chi connectivity index (χ0v) is 12.7. The van der Waals surface area contributed by atoms with Crippen LogP contribution in [0.3, 0.4) is 0 Å². The minimum atomic E-state index is 0.133. The lowest BCUT2D eigenvalue weighted by Gasteiger charge is -2.13. The van der Waals surface area contributed by atoms with Gasteiger partial charge in [0.25, 0.3) is 0 Å². The van der Waals surface area contributed by atoms with E-state index in [9.17, 15) is 0 Å². The van der Waals surface area contributed by atoms with Crippen LogP contribution in [-0.2, 0) is 6.54 Å². The number of ether oxygens (including phenoxy) is 1. The van der Waals surface area contributed by atoms with Crippen LogP contribution in [0.15, 0.2) is 36.7 Å². The molecule has 2 aromatic rings. The summed E-state index contributed by atoms with van der Waals surface area (Å²) in [7, 11) is 1.92. The SMILES string of the molecule is CNCc1cc(Cl)ccc1-c1cncc(OC(C)C)c1. The Kier molecular flexibility index (Phi) is 4.99. The molecule has 0 unspecified atom stereocenters. The monoisotopic (exact) mass is 290 g/mol. The Bertz CT molecular complexity index is 584. The minimum Gasteiger partial charge on any atom is -0.489 e. The summed E-state index contributed by atoms with van der Waals surface area (Å²) in [5.41, 5.74) is 3.29. The summed E-state index contributed by atoms with van der Waals surface area (Å²) in [6.45, 7) is 4.76. The fourth-order valence-corrected chi connectivity index (χ4v) is 2.28. The number of hydrogen-bond acceptors (Lipinski definition) is 3. The smallest absolute Gasteiger partial charge is 0.138 e. The van der Waals surface area contributed by atoms with Crippen molar-refractivity contribution in [3.05, 3.63) is 47.2 Å². The Hall–Kier alpha value is -1.58. The van der Waals surface area contributed by atoms with Crippen molar-refractivity contribution in [2.45, 2.75) is 26.5 Å². The van der Waals surface area contributed by atoms with Gasteiger partial charge in [-0.25, -0.2) is 0 Å². The van der Waals surface area contributed by atoms with Crippen LogP contribution in [0.4, 0.5) is 0 Å². The molecular weight excluding hydrogens is 272 g/mol. The van der Waals surface area contributed by atoms with Crippen LogP contribution < -0.4 is 10.1 Å². The van der Waals surface area contributed by atoms with E-state index in [1.165, 1.54) is 0 Å². The third-order valence-electron chi connectivity index (χ3n) is 2.83. The Balaban J connectivity index is 2.40. The van der Waals surface area contributed by atoms with Crippen molar-refractivity contribution < 1.29 is 4.74 Å². The van der Waals surface area contributed by atoms with Crippen LogP contribution in [-0.4, -0.2) is 18.1 Å². The van der Waals surface area contributed by atoms with Crippen LogP contribution in [0.25, 0.3) is 11.1 Å². The Morgan fingerprint density at radius 2 is 2.05 bits per heavy atom. The van der Waals surface area contributed by atoms with E-state index in [2.05, 4.69) is 10.3 Å². The average molecular weight is 291 g/mol. The van der Waals surface area contributed by atoms with E-state index < -0.39 is 0 Å². The van der Waals surface area contributed by atoms with E-state index in [1.54, 1.807) is 6.20 Å². The second kappa shape index (κ2) is 6.73. The fraction of sp³-hybridized carbons (Fsp3) is 0.312. The highest BCUT2D eigenvalue weighted by atomic mass is 35.5. The molecule has 3 nitrogen and oxygen atoms in total. The van der Waals surface area contributed by atoms with Crippen molar-refractivity contribution in [2.75, 3.05) is 7.05 Å². The third-order valence-corrected chi connectivity index (χ3v) is 3.07. The van der Waals surface area contributed by atoms with Crippen LogP contribution in [0.1, 0.15) is 19.4 Å². The molecular formula is C16H19ClN2O. The van der Waals surface area contributed by atoms with Crippen LogP contribution in [0, 0.1) is 0 Å².